The molecular formula is C21H37N5O. The summed E-state index contributed by atoms with van der Waals surface area (Å²) in [6, 6.07) is 8.14. The number of piperazine rings is 1. The van der Waals surface area contributed by atoms with Gasteiger partial charge in [0.1, 0.15) is 5.75 Å². The van der Waals surface area contributed by atoms with E-state index in [2.05, 4.69) is 52.0 Å². The largest absolute Gasteiger partial charge is 0.496 e. The van der Waals surface area contributed by atoms with Gasteiger partial charge in [-0.3, -0.25) is 4.99 Å². The fourth-order valence-corrected chi connectivity index (χ4v) is 3.61. The molecule has 1 aliphatic heterocycles. The van der Waals surface area contributed by atoms with E-state index in [0.717, 1.165) is 36.9 Å². The molecule has 0 saturated carbocycles. The molecule has 27 heavy (non-hydrogen) atoms. The lowest BCUT2D eigenvalue weighted by atomic mass is 10.1. The van der Waals surface area contributed by atoms with Crippen LogP contribution >= 0.6 is 0 Å². The lowest BCUT2D eigenvalue weighted by molar-refractivity contribution is 0.124. The number of nitrogens with zero attached hydrogens (tertiary/aromatic N) is 4. The SMILES string of the molecule is CCN1CCN(CC(C)CNC(=NC)N(C)Cc2ccccc2OC)CC1. The maximum atomic E-state index is 5.46. The van der Waals surface area contributed by atoms with Crippen molar-refractivity contribution in [1.82, 2.24) is 20.0 Å². The van der Waals surface area contributed by atoms with Crippen molar-refractivity contribution in [2.24, 2.45) is 10.9 Å². The second-order valence-electron chi connectivity index (χ2n) is 7.44. The van der Waals surface area contributed by atoms with Crippen LogP contribution in [-0.2, 0) is 6.54 Å². The molecule has 1 fully saturated rings. The van der Waals surface area contributed by atoms with Gasteiger partial charge in [-0.05, 0) is 18.5 Å². The third-order valence-electron chi connectivity index (χ3n) is 5.26. The fraction of sp³-hybridized carbons (Fsp3) is 0.667. The Balaban J connectivity index is 1.79. The number of methoxy groups -OCH3 is 1. The van der Waals surface area contributed by atoms with E-state index in [9.17, 15) is 0 Å². The Bertz CT molecular complexity index is 584. The van der Waals surface area contributed by atoms with Crippen molar-refractivity contribution in [3.63, 3.8) is 0 Å². The maximum Gasteiger partial charge on any atom is 0.193 e. The van der Waals surface area contributed by atoms with Gasteiger partial charge in [-0.2, -0.15) is 0 Å². The third-order valence-corrected chi connectivity index (χ3v) is 5.26. The lowest BCUT2D eigenvalue weighted by Crippen LogP contribution is -2.48. The first-order valence-electron chi connectivity index (χ1n) is 10.1. The summed E-state index contributed by atoms with van der Waals surface area (Å²) in [5.74, 6) is 2.41. The van der Waals surface area contributed by atoms with Crippen molar-refractivity contribution in [3.8, 4) is 5.75 Å². The second kappa shape index (κ2) is 11.1. The van der Waals surface area contributed by atoms with E-state index >= 15 is 0 Å². The van der Waals surface area contributed by atoms with Gasteiger partial charge < -0.3 is 24.8 Å². The highest BCUT2D eigenvalue weighted by Gasteiger charge is 2.18. The summed E-state index contributed by atoms with van der Waals surface area (Å²) in [4.78, 5) is 11.7. The Hall–Kier alpha value is -1.79. The molecule has 0 bridgehead atoms. The van der Waals surface area contributed by atoms with E-state index in [1.54, 1.807) is 7.11 Å². The van der Waals surface area contributed by atoms with Gasteiger partial charge in [0.2, 0.25) is 0 Å². The van der Waals surface area contributed by atoms with Gasteiger partial charge in [-0.1, -0.05) is 32.0 Å². The fourth-order valence-electron chi connectivity index (χ4n) is 3.61. The minimum Gasteiger partial charge on any atom is -0.496 e. The lowest BCUT2D eigenvalue weighted by Gasteiger charge is -2.35. The van der Waals surface area contributed by atoms with Crippen LogP contribution in [0.2, 0.25) is 0 Å². The monoisotopic (exact) mass is 375 g/mol. The molecule has 0 spiro atoms. The van der Waals surface area contributed by atoms with Crippen LogP contribution in [0.1, 0.15) is 19.4 Å². The first kappa shape index (κ1) is 21.5. The van der Waals surface area contributed by atoms with Crippen molar-refractivity contribution in [3.05, 3.63) is 29.8 Å². The number of hydrogen-bond acceptors (Lipinski definition) is 4. The molecule has 2 rings (SSSR count). The van der Waals surface area contributed by atoms with Gasteiger partial charge in [-0.15, -0.1) is 0 Å². The predicted molar refractivity (Wildman–Crippen MR) is 114 cm³/mol. The first-order chi connectivity index (χ1) is 13.1. The van der Waals surface area contributed by atoms with Crippen molar-refractivity contribution in [1.29, 1.82) is 0 Å². The minimum atomic E-state index is 0.578. The Morgan fingerprint density at radius 3 is 2.52 bits per heavy atom. The molecule has 1 aromatic rings. The highest BCUT2D eigenvalue weighted by molar-refractivity contribution is 5.79. The average Bonchev–Trinajstić information content (AvgIpc) is 2.69. The highest BCUT2D eigenvalue weighted by atomic mass is 16.5. The number of nitrogens with one attached hydrogen (secondary N) is 1. The highest BCUT2D eigenvalue weighted by Crippen LogP contribution is 2.18. The second-order valence-corrected chi connectivity index (χ2v) is 7.44. The van der Waals surface area contributed by atoms with Gasteiger partial charge in [0, 0.05) is 65.5 Å². The van der Waals surface area contributed by atoms with Crippen LogP contribution in [0.3, 0.4) is 0 Å². The van der Waals surface area contributed by atoms with Crippen LogP contribution in [0.4, 0.5) is 0 Å². The van der Waals surface area contributed by atoms with Crippen molar-refractivity contribution in [2.45, 2.75) is 20.4 Å². The maximum absolute atomic E-state index is 5.46. The average molecular weight is 376 g/mol. The summed E-state index contributed by atoms with van der Waals surface area (Å²) in [5, 5.41) is 3.53. The Morgan fingerprint density at radius 2 is 1.89 bits per heavy atom. The predicted octanol–water partition coefficient (Wildman–Crippen LogP) is 1.98. The van der Waals surface area contributed by atoms with E-state index in [1.165, 1.54) is 32.7 Å². The Kier molecular flexibility index (Phi) is 8.88. The van der Waals surface area contributed by atoms with E-state index in [4.69, 9.17) is 4.74 Å². The van der Waals surface area contributed by atoms with Crippen molar-refractivity contribution < 1.29 is 4.74 Å². The Labute approximate surface area is 165 Å². The number of hydrogen-bond donors (Lipinski definition) is 1. The third kappa shape index (κ3) is 6.70. The zero-order valence-corrected chi connectivity index (χ0v) is 17.7. The van der Waals surface area contributed by atoms with Crippen LogP contribution in [0.15, 0.2) is 29.3 Å². The van der Waals surface area contributed by atoms with Crippen molar-refractivity contribution in [2.75, 3.05) is 67.0 Å². The molecule has 0 radical (unpaired) electrons. The molecule has 0 aromatic heterocycles. The molecule has 1 unspecified atom stereocenters. The van der Waals surface area contributed by atoms with Gasteiger partial charge in [0.25, 0.3) is 0 Å². The number of rotatable bonds is 8. The minimum absolute atomic E-state index is 0.578. The standard InChI is InChI=1S/C21H37N5O/c1-6-25-11-13-26(14-12-25)16-18(2)15-23-21(22-3)24(4)17-19-9-7-8-10-20(19)27-5/h7-10,18H,6,11-17H2,1-5H3,(H,22,23). The van der Waals surface area contributed by atoms with Crippen LogP contribution in [0, 0.1) is 5.92 Å². The van der Waals surface area contributed by atoms with Crippen molar-refractivity contribution >= 4 is 5.96 Å². The zero-order chi connectivity index (χ0) is 19.6. The molecule has 1 heterocycles. The molecule has 152 valence electrons. The zero-order valence-electron chi connectivity index (χ0n) is 17.7. The smallest absolute Gasteiger partial charge is 0.193 e. The summed E-state index contributed by atoms with van der Waals surface area (Å²) in [6.45, 7) is 13.3. The van der Waals surface area contributed by atoms with E-state index in [1.807, 2.05) is 25.2 Å². The molecule has 1 aromatic carbocycles. The number of guanidine groups is 1. The van der Waals surface area contributed by atoms with E-state index in [0.29, 0.717) is 5.92 Å². The molecule has 1 aliphatic rings. The molecule has 1 saturated heterocycles. The number of para-hydroxylation sites is 1. The summed E-state index contributed by atoms with van der Waals surface area (Å²) < 4.78 is 5.46. The van der Waals surface area contributed by atoms with Crippen LogP contribution in [0.5, 0.6) is 5.75 Å². The molecule has 1 atom stereocenters. The molecule has 0 aliphatic carbocycles. The van der Waals surface area contributed by atoms with Gasteiger partial charge in [-0.25, -0.2) is 0 Å². The number of benzene rings is 1. The van der Waals surface area contributed by atoms with E-state index < -0.39 is 0 Å². The summed E-state index contributed by atoms with van der Waals surface area (Å²) >= 11 is 0. The van der Waals surface area contributed by atoms with Gasteiger partial charge in [0.05, 0.1) is 7.11 Å². The normalized spacial score (nSPS) is 17.6. The Morgan fingerprint density at radius 1 is 1.22 bits per heavy atom. The molecule has 0 amide bonds. The molecule has 6 heteroatoms. The topological polar surface area (TPSA) is 43.3 Å². The number of likely N-dealkylation sites (N-methyl/N-ethyl adjacent to an activating group) is 1. The van der Waals surface area contributed by atoms with Crippen LogP contribution in [0.25, 0.3) is 0 Å². The number of ether oxygens (including phenoxy) is 1. The first-order valence-corrected chi connectivity index (χ1v) is 10.1. The van der Waals surface area contributed by atoms with Crippen LogP contribution in [-0.4, -0.2) is 87.7 Å². The number of aliphatic imine (C=N–C) groups is 1. The van der Waals surface area contributed by atoms with Gasteiger partial charge in [0.15, 0.2) is 5.96 Å². The molecular weight excluding hydrogens is 338 g/mol. The van der Waals surface area contributed by atoms with Crippen LogP contribution < -0.4 is 10.1 Å². The quantitative estimate of drug-likeness (QED) is 0.556. The molecule has 1 N–H and O–H groups in total. The summed E-state index contributed by atoms with van der Waals surface area (Å²) in [6.07, 6.45) is 0. The summed E-state index contributed by atoms with van der Waals surface area (Å²) in [5.41, 5.74) is 1.16. The van der Waals surface area contributed by atoms with E-state index in [-0.39, 0.29) is 0 Å². The molecule has 6 nitrogen and oxygen atoms in total. The summed E-state index contributed by atoms with van der Waals surface area (Å²) in [7, 11) is 5.63. The van der Waals surface area contributed by atoms with Gasteiger partial charge >= 0.3 is 0 Å².